The van der Waals surface area contributed by atoms with E-state index in [4.69, 9.17) is 4.74 Å². The van der Waals surface area contributed by atoms with Crippen molar-refractivity contribution >= 4 is 18.0 Å². The van der Waals surface area contributed by atoms with E-state index in [0.29, 0.717) is 25.2 Å². The summed E-state index contributed by atoms with van der Waals surface area (Å²) in [5.74, 6) is -0.781. The van der Waals surface area contributed by atoms with Gasteiger partial charge < -0.3 is 20.1 Å². The van der Waals surface area contributed by atoms with Crippen molar-refractivity contribution in [1.29, 1.82) is 0 Å². The molecule has 4 rings (SSSR count). The highest BCUT2D eigenvalue weighted by Crippen LogP contribution is 2.41. The molecule has 9 heteroatoms. The monoisotopic (exact) mass is 469 g/mol. The normalized spacial score (nSPS) is 17.2. The predicted octanol–water partition coefficient (Wildman–Crippen LogP) is 3.49. The van der Waals surface area contributed by atoms with Crippen LogP contribution in [0.25, 0.3) is 0 Å². The van der Waals surface area contributed by atoms with E-state index in [0.717, 1.165) is 29.7 Å². The Morgan fingerprint density at radius 2 is 1.82 bits per heavy atom. The summed E-state index contributed by atoms with van der Waals surface area (Å²) in [5.41, 5.74) is 2.09. The molecule has 2 amide bonds. The number of carboxylic acid groups (broad SMARTS) is 1. The number of amides is 2. The number of nitrogens with one attached hydrogen (secondary N) is 1. The minimum absolute atomic E-state index is 0.0503. The number of piperidine rings is 1. The van der Waals surface area contributed by atoms with Crippen molar-refractivity contribution in [2.45, 2.75) is 50.0 Å². The zero-order valence-corrected chi connectivity index (χ0v) is 19.1. The number of rotatable bonds is 7. The Balaban J connectivity index is 1.56. The molecular weight excluding hydrogens is 441 g/mol. The molecule has 0 radical (unpaired) electrons. The van der Waals surface area contributed by atoms with Gasteiger partial charge >= 0.3 is 12.1 Å². The van der Waals surface area contributed by atoms with Crippen LogP contribution in [0.15, 0.2) is 36.4 Å². The molecule has 1 saturated carbocycles. The molecule has 34 heavy (non-hydrogen) atoms. The lowest BCUT2D eigenvalue weighted by molar-refractivity contribution is -0.142. The van der Waals surface area contributed by atoms with Crippen LogP contribution in [-0.4, -0.2) is 58.7 Å². The zero-order valence-electron chi connectivity index (χ0n) is 19.1. The molecule has 2 N–H and O–H groups in total. The summed E-state index contributed by atoms with van der Waals surface area (Å²) in [6.07, 6.45) is 2.14. The van der Waals surface area contributed by atoms with Crippen molar-refractivity contribution in [3.63, 3.8) is 0 Å². The van der Waals surface area contributed by atoms with Gasteiger partial charge in [0.2, 0.25) is 0 Å². The highest BCUT2D eigenvalue weighted by atomic mass is 19.1. The van der Waals surface area contributed by atoms with Gasteiger partial charge in [-0.1, -0.05) is 18.2 Å². The molecule has 0 bridgehead atoms. The van der Waals surface area contributed by atoms with E-state index in [1.807, 2.05) is 6.07 Å². The van der Waals surface area contributed by atoms with Gasteiger partial charge in [-0.2, -0.15) is 0 Å². The molecule has 2 aliphatic rings. The lowest BCUT2D eigenvalue weighted by Gasteiger charge is -2.40. The number of carbonyl (C=O) groups excluding carboxylic acids is 2. The Kier molecular flexibility index (Phi) is 6.81. The SMILES string of the molecule is COC(=O)CC1(NC(=O)c2ccc(C3CC3)c(Cc3ccc(F)cc3)n2)CCN(C(=O)O)CC1. The van der Waals surface area contributed by atoms with Gasteiger partial charge in [0.1, 0.15) is 11.5 Å². The average Bonchev–Trinajstić information content (AvgIpc) is 3.66. The van der Waals surface area contributed by atoms with Crippen LogP contribution in [0, 0.1) is 5.82 Å². The molecule has 1 aliphatic heterocycles. The maximum atomic E-state index is 13.3. The molecule has 180 valence electrons. The van der Waals surface area contributed by atoms with Gasteiger partial charge in [0.05, 0.1) is 19.1 Å². The smallest absolute Gasteiger partial charge is 0.407 e. The number of halogens is 1. The lowest BCUT2D eigenvalue weighted by Crippen LogP contribution is -2.57. The van der Waals surface area contributed by atoms with Crippen molar-refractivity contribution in [3.05, 3.63) is 64.7 Å². The van der Waals surface area contributed by atoms with Gasteiger partial charge in [-0.15, -0.1) is 0 Å². The number of hydrogen-bond acceptors (Lipinski definition) is 5. The van der Waals surface area contributed by atoms with E-state index in [9.17, 15) is 23.9 Å². The van der Waals surface area contributed by atoms with Gasteiger partial charge in [-0.3, -0.25) is 9.59 Å². The van der Waals surface area contributed by atoms with Crippen LogP contribution in [0.3, 0.4) is 0 Å². The second kappa shape index (κ2) is 9.79. The summed E-state index contributed by atoms with van der Waals surface area (Å²) in [4.78, 5) is 42.6. The van der Waals surface area contributed by atoms with Crippen molar-refractivity contribution in [2.75, 3.05) is 20.2 Å². The van der Waals surface area contributed by atoms with Crippen molar-refractivity contribution in [3.8, 4) is 0 Å². The molecule has 0 spiro atoms. The summed E-state index contributed by atoms with van der Waals surface area (Å²) in [5, 5.41) is 12.2. The summed E-state index contributed by atoms with van der Waals surface area (Å²) in [6, 6.07) is 9.85. The number of nitrogens with zero attached hydrogens (tertiary/aromatic N) is 2. The van der Waals surface area contributed by atoms with Crippen LogP contribution in [0.1, 0.15) is 65.3 Å². The van der Waals surface area contributed by atoms with Gasteiger partial charge in [0.15, 0.2) is 0 Å². The molecule has 2 aromatic rings. The first kappa shape index (κ1) is 23.7. The molecule has 1 aromatic heterocycles. The maximum absolute atomic E-state index is 13.3. The van der Waals surface area contributed by atoms with Crippen molar-refractivity contribution in [1.82, 2.24) is 15.2 Å². The number of methoxy groups -OCH3 is 1. The van der Waals surface area contributed by atoms with Crippen LogP contribution in [0.5, 0.6) is 0 Å². The summed E-state index contributed by atoms with van der Waals surface area (Å²) in [7, 11) is 1.28. The number of ether oxygens (including phenoxy) is 1. The Morgan fingerprint density at radius 3 is 2.41 bits per heavy atom. The van der Waals surface area contributed by atoms with Crippen LogP contribution < -0.4 is 5.32 Å². The lowest BCUT2D eigenvalue weighted by atomic mass is 9.84. The first-order valence-corrected chi connectivity index (χ1v) is 11.4. The van der Waals surface area contributed by atoms with E-state index >= 15 is 0 Å². The molecule has 8 nitrogen and oxygen atoms in total. The number of pyridine rings is 1. The van der Waals surface area contributed by atoms with Gasteiger partial charge in [0, 0.05) is 25.2 Å². The molecule has 1 saturated heterocycles. The highest BCUT2D eigenvalue weighted by molar-refractivity contribution is 5.93. The Hall–Kier alpha value is -3.49. The number of likely N-dealkylation sites (tertiary alicyclic amines) is 1. The standard InChI is InChI=1S/C25H28FN3O5/c1-34-22(30)15-25(10-12-29(13-11-25)24(32)33)28-23(31)20-9-8-19(17-4-5-17)21(27-20)14-16-2-6-18(26)7-3-16/h2-3,6-9,17H,4-5,10-15H2,1H3,(H,28,31)(H,32,33). The summed E-state index contributed by atoms with van der Waals surface area (Å²) in [6.45, 7) is 0.410. The summed E-state index contributed by atoms with van der Waals surface area (Å²) >= 11 is 0. The molecule has 0 atom stereocenters. The Bertz CT molecular complexity index is 1080. The minimum atomic E-state index is -1.03. The fourth-order valence-corrected chi connectivity index (χ4v) is 4.47. The van der Waals surface area contributed by atoms with Crippen molar-refractivity contribution < 1.29 is 28.6 Å². The molecule has 1 aromatic carbocycles. The molecule has 0 unspecified atom stereocenters. The second-order valence-electron chi connectivity index (χ2n) is 9.07. The highest BCUT2D eigenvalue weighted by Gasteiger charge is 2.40. The van der Waals surface area contributed by atoms with E-state index in [-0.39, 0.29) is 31.0 Å². The van der Waals surface area contributed by atoms with Crippen LogP contribution >= 0.6 is 0 Å². The van der Waals surface area contributed by atoms with Crippen LogP contribution in [0.2, 0.25) is 0 Å². The second-order valence-corrected chi connectivity index (χ2v) is 9.07. The van der Waals surface area contributed by atoms with Crippen LogP contribution in [0.4, 0.5) is 9.18 Å². The number of esters is 1. The molecule has 1 aliphatic carbocycles. The number of hydrogen-bond donors (Lipinski definition) is 2. The van der Waals surface area contributed by atoms with Gasteiger partial charge in [-0.05, 0) is 60.9 Å². The molecule has 2 fully saturated rings. The summed E-state index contributed by atoms with van der Waals surface area (Å²) < 4.78 is 18.1. The van der Waals surface area contributed by atoms with Crippen molar-refractivity contribution in [2.24, 2.45) is 0 Å². The third-order valence-corrected chi connectivity index (χ3v) is 6.62. The van der Waals surface area contributed by atoms with E-state index in [1.165, 1.54) is 24.1 Å². The molecular formula is C25H28FN3O5. The number of carbonyl (C=O) groups is 3. The van der Waals surface area contributed by atoms with E-state index in [2.05, 4.69) is 10.3 Å². The topological polar surface area (TPSA) is 109 Å². The maximum Gasteiger partial charge on any atom is 0.407 e. The largest absolute Gasteiger partial charge is 0.469 e. The van der Waals surface area contributed by atoms with Crippen LogP contribution in [-0.2, 0) is 16.0 Å². The average molecular weight is 470 g/mol. The Morgan fingerprint density at radius 1 is 1.15 bits per heavy atom. The number of benzene rings is 1. The fourth-order valence-electron chi connectivity index (χ4n) is 4.47. The van der Waals surface area contributed by atoms with Gasteiger partial charge in [0.25, 0.3) is 5.91 Å². The fraction of sp³-hybridized carbons (Fsp3) is 0.440. The first-order valence-electron chi connectivity index (χ1n) is 11.4. The first-order chi connectivity index (χ1) is 16.3. The minimum Gasteiger partial charge on any atom is -0.469 e. The predicted molar refractivity (Wildman–Crippen MR) is 121 cm³/mol. The Labute approximate surface area is 197 Å². The zero-order chi connectivity index (χ0) is 24.3. The molecule has 2 heterocycles. The third-order valence-electron chi connectivity index (χ3n) is 6.62. The van der Waals surface area contributed by atoms with E-state index < -0.39 is 23.5 Å². The van der Waals surface area contributed by atoms with Gasteiger partial charge in [-0.25, -0.2) is 14.2 Å². The van der Waals surface area contributed by atoms with E-state index in [1.54, 1.807) is 18.2 Å². The number of aromatic nitrogens is 1. The quantitative estimate of drug-likeness (QED) is 0.601. The third kappa shape index (κ3) is 5.52.